The summed E-state index contributed by atoms with van der Waals surface area (Å²) in [4.78, 5) is 11.6. The quantitative estimate of drug-likeness (QED) is 0.789. The fraction of sp³-hybridized carbons (Fsp3) is 0.417. The number of nitrogens with one attached hydrogen (secondary N) is 1. The number of carbonyl (C=O) groups is 1. The molecule has 0 spiro atoms. The van der Waals surface area contributed by atoms with E-state index in [4.69, 9.17) is 5.73 Å². The molecule has 0 atom stereocenters. The Bertz CT molecular complexity index is 524. The van der Waals surface area contributed by atoms with Crippen molar-refractivity contribution >= 4 is 27.1 Å². The van der Waals surface area contributed by atoms with Crippen LogP contribution in [0.25, 0.3) is 0 Å². The van der Waals surface area contributed by atoms with Gasteiger partial charge in [0.15, 0.2) is 9.84 Å². The lowest BCUT2D eigenvalue weighted by atomic mass is 10.3. The van der Waals surface area contributed by atoms with Gasteiger partial charge in [-0.05, 0) is 24.1 Å². The molecule has 5 nitrogen and oxygen atoms in total. The van der Waals surface area contributed by atoms with Gasteiger partial charge in [0.2, 0.25) is 5.91 Å². The van der Waals surface area contributed by atoms with E-state index >= 15 is 0 Å². The van der Waals surface area contributed by atoms with E-state index in [-0.39, 0.29) is 11.7 Å². The van der Waals surface area contributed by atoms with Crippen LogP contribution in [0.3, 0.4) is 0 Å². The van der Waals surface area contributed by atoms with E-state index in [2.05, 4.69) is 5.32 Å². The molecule has 0 saturated carbocycles. The Hall–Kier alpha value is -1.56. The van der Waals surface area contributed by atoms with Gasteiger partial charge in [0.25, 0.3) is 0 Å². The fourth-order valence-electron chi connectivity index (χ4n) is 1.58. The molecule has 0 fully saturated rings. The normalized spacial score (nSPS) is 11.5. The van der Waals surface area contributed by atoms with Crippen LogP contribution in [-0.4, -0.2) is 25.8 Å². The predicted octanol–water partition coefficient (Wildman–Crippen LogP) is 1.28. The van der Waals surface area contributed by atoms with Crippen LogP contribution in [0.5, 0.6) is 0 Å². The molecule has 1 rings (SSSR count). The van der Waals surface area contributed by atoms with Gasteiger partial charge < -0.3 is 11.1 Å². The molecule has 0 aliphatic heterocycles. The van der Waals surface area contributed by atoms with E-state index in [9.17, 15) is 13.2 Å². The summed E-state index contributed by atoms with van der Waals surface area (Å²) < 4.78 is 23.2. The monoisotopic (exact) mass is 270 g/mol. The number of nitrogen functional groups attached to an aromatic ring is 1. The lowest BCUT2D eigenvalue weighted by Gasteiger charge is -2.08. The molecule has 0 aromatic heterocycles. The molecule has 0 aliphatic carbocycles. The molecular formula is C12H18N2O3S. The summed E-state index contributed by atoms with van der Waals surface area (Å²) in [6.07, 6.45) is 0. The van der Waals surface area contributed by atoms with Crippen molar-refractivity contribution in [2.75, 3.05) is 22.6 Å². The maximum absolute atomic E-state index is 11.6. The number of hydrogen-bond donors (Lipinski definition) is 2. The zero-order chi connectivity index (χ0) is 13.8. The van der Waals surface area contributed by atoms with Crippen molar-refractivity contribution in [1.29, 1.82) is 0 Å². The molecule has 0 radical (unpaired) electrons. The van der Waals surface area contributed by atoms with Gasteiger partial charge >= 0.3 is 0 Å². The summed E-state index contributed by atoms with van der Waals surface area (Å²) in [6.45, 7) is 3.60. The van der Waals surface area contributed by atoms with Crippen molar-refractivity contribution in [2.24, 2.45) is 5.92 Å². The maximum Gasteiger partial charge on any atom is 0.239 e. The van der Waals surface area contributed by atoms with Gasteiger partial charge in [0, 0.05) is 11.4 Å². The van der Waals surface area contributed by atoms with Gasteiger partial charge in [-0.25, -0.2) is 8.42 Å². The van der Waals surface area contributed by atoms with Crippen LogP contribution in [0.2, 0.25) is 0 Å². The molecule has 1 aromatic carbocycles. The number of rotatable bonds is 5. The molecule has 6 heteroatoms. The minimum atomic E-state index is -3.35. The minimum absolute atomic E-state index is 0.00942. The van der Waals surface area contributed by atoms with Crippen LogP contribution >= 0.6 is 0 Å². The highest BCUT2D eigenvalue weighted by atomic mass is 32.2. The molecule has 0 unspecified atom stereocenters. The molecule has 100 valence electrons. The lowest BCUT2D eigenvalue weighted by Crippen LogP contribution is -2.26. The number of nitrogens with two attached hydrogens (primary N) is 1. The largest absolute Gasteiger partial charge is 0.399 e. The van der Waals surface area contributed by atoms with Gasteiger partial charge in [-0.1, -0.05) is 19.9 Å². The van der Waals surface area contributed by atoms with Crippen molar-refractivity contribution in [2.45, 2.75) is 13.8 Å². The molecule has 0 heterocycles. The second-order valence-corrected chi connectivity index (χ2v) is 6.73. The van der Waals surface area contributed by atoms with Crippen molar-refractivity contribution in [3.63, 3.8) is 0 Å². The zero-order valence-corrected chi connectivity index (χ0v) is 11.3. The number of amides is 1. The van der Waals surface area contributed by atoms with Gasteiger partial charge in [0.1, 0.15) is 5.75 Å². The van der Waals surface area contributed by atoms with E-state index in [0.717, 1.165) is 0 Å². The van der Waals surface area contributed by atoms with Crippen molar-refractivity contribution < 1.29 is 13.2 Å². The number of carbonyl (C=O) groups excluding carboxylic acids is 1. The second kappa shape index (κ2) is 5.86. The Morgan fingerprint density at radius 3 is 2.61 bits per heavy atom. The third-order valence-corrected chi connectivity index (χ3v) is 3.99. The summed E-state index contributed by atoms with van der Waals surface area (Å²) in [5, 5.41) is 2.51. The van der Waals surface area contributed by atoms with Gasteiger partial charge in [-0.15, -0.1) is 0 Å². The van der Waals surface area contributed by atoms with Crippen LogP contribution in [0.4, 0.5) is 11.4 Å². The Kier molecular flexibility index (Phi) is 4.72. The van der Waals surface area contributed by atoms with Gasteiger partial charge in [-0.3, -0.25) is 4.79 Å². The highest BCUT2D eigenvalue weighted by Crippen LogP contribution is 2.12. The summed E-state index contributed by atoms with van der Waals surface area (Å²) in [5.41, 5.74) is 6.57. The predicted molar refractivity (Wildman–Crippen MR) is 73.0 cm³/mol. The average Bonchev–Trinajstić information content (AvgIpc) is 2.13. The van der Waals surface area contributed by atoms with E-state index in [1.54, 1.807) is 38.1 Å². The smallest absolute Gasteiger partial charge is 0.239 e. The zero-order valence-electron chi connectivity index (χ0n) is 10.5. The standard InChI is InChI=1S/C12H18N2O3S/c1-9(2)7-18(16,17)8-12(15)14-11-5-3-4-10(13)6-11/h3-6,9H,7-8,13H2,1-2H3,(H,14,15). The maximum atomic E-state index is 11.6. The van der Waals surface area contributed by atoms with E-state index < -0.39 is 21.5 Å². The SMILES string of the molecule is CC(C)CS(=O)(=O)CC(=O)Nc1cccc(N)c1. The lowest BCUT2D eigenvalue weighted by molar-refractivity contribution is -0.113. The second-order valence-electron chi connectivity index (χ2n) is 4.62. The first-order chi connectivity index (χ1) is 8.28. The van der Waals surface area contributed by atoms with E-state index in [1.165, 1.54) is 0 Å². The Morgan fingerprint density at radius 2 is 2.06 bits per heavy atom. The highest BCUT2D eigenvalue weighted by Gasteiger charge is 2.18. The van der Waals surface area contributed by atoms with Crippen molar-refractivity contribution in [1.82, 2.24) is 0 Å². The number of benzene rings is 1. The first kappa shape index (κ1) is 14.5. The number of sulfone groups is 1. The van der Waals surface area contributed by atoms with Crippen LogP contribution in [-0.2, 0) is 14.6 Å². The Morgan fingerprint density at radius 1 is 1.39 bits per heavy atom. The molecule has 1 aromatic rings. The van der Waals surface area contributed by atoms with Crippen LogP contribution < -0.4 is 11.1 Å². The molecule has 0 aliphatic rings. The first-order valence-corrected chi connectivity index (χ1v) is 7.46. The van der Waals surface area contributed by atoms with E-state index in [1.807, 2.05) is 0 Å². The summed E-state index contributed by atoms with van der Waals surface area (Å²) >= 11 is 0. The molecule has 0 saturated heterocycles. The van der Waals surface area contributed by atoms with Crippen molar-refractivity contribution in [3.8, 4) is 0 Å². The Labute approximate surface area is 107 Å². The third kappa shape index (κ3) is 5.18. The molecule has 3 N–H and O–H groups in total. The summed E-state index contributed by atoms with van der Waals surface area (Å²) in [7, 11) is -3.35. The van der Waals surface area contributed by atoms with Gasteiger partial charge in [-0.2, -0.15) is 0 Å². The minimum Gasteiger partial charge on any atom is -0.399 e. The summed E-state index contributed by atoms with van der Waals surface area (Å²) in [6, 6.07) is 6.61. The van der Waals surface area contributed by atoms with E-state index in [0.29, 0.717) is 11.4 Å². The highest BCUT2D eigenvalue weighted by molar-refractivity contribution is 7.92. The molecule has 0 bridgehead atoms. The average molecular weight is 270 g/mol. The molecule has 18 heavy (non-hydrogen) atoms. The first-order valence-electron chi connectivity index (χ1n) is 5.64. The molecule has 1 amide bonds. The van der Waals surface area contributed by atoms with Gasteiger partial charge in [0.05, 0.1) is 5.75 Å². The summed E-state index contributed by atoms with van der Waals surface area (Å²) in [5.74, 6) is -1.02. The topological polar surface area (TPSA) is 89.3 Å². The number of anilines is 2. The number of hydrogen-bond acceptors (Lipinski definition) is 4. The Balaban J connectivity index is 2.62. The van der Waals surface area contributed by atoms with Crippen LogP contribution in [0, 0.1) is 5.92 Å². The van der Waals surface area contributed by atoms with Crippen LogP contribution in [0.15, 0.2) is 24.3 Å². The fourth-order valence-corrected chi connectivity index (χ4v) is 3.19. The van der Waals surface area contributed by atoms with Crippen molar-refractivity contribution in [3.05, 3.63) is 24.3 Å². The third-order valence-electron chi connectivity index (χ3n) is 2.11. The molecular weight excluding hydrogens is 252 g/mol. The van der Waals surface area contributed by atoms with Crippen LogP contribution in [0.1, 0.15) is 13.8 Å².